The van der Waals surface area contributed by atoms with Gasteiger partial charge in [0.2, 0.25) is 0 Å². The van der Waals surface area contributed by atoms with Gasteiger partial charge >= 0.3 is 0 Å². The van der Waals surface area contributed by atoms with Crippen molar-refractivity contribution in [2.24, 2.45) is 5.92 Å². The topological polar surface area (TPSA) is 76.1 Å². The lowest BCUT2D eigenvalue weighted by molar-refractivity contribution is 0.0947. The van der Waals surface area contributed by atoms with E-state index in [9.17, 15) is 17.6 Å². The quantitative estimate of drug-likeness (QED) is 0.928. The second-order valence-corrected chi connectivity index (χ2v) is 8.17. The third-order valence-electron chi connectivity index (χ3n) is 4.09. The zero-order valence-electron chi connectivity index (χ0n) is 12.7. The van der Waals surface area contributed by atoms with Gasteiger partial charge in [0.05, 0.1) is 28.3 Å². The summed E-state index contributed by atoms with van der Waals surface area (Å²) in [7, 11) is -2.95. The number of pyridine rings is 1. The van der Waals surface area contributed by atoms with E-state index >= 15 is 0 Å². The number of halogens is 1. The second-order valence-electron chi connectivity index (χ2n) is 5.94. The Morgan fingerprint density at radius 1 is 1.39 bits per heavy atom. The van der Waals surface area contributed by atoms with Crippen LogP contribution in [0.25, 0.3) is 10.9 Å². The summed E-state index contributed by atoms with van der Waals surface area (Å²) in [6.07, 6.45) is 0.580. The third kappa shape index (κ3) is 3.50. The Kier molecular flexibility index (Phi) is 4.06. The number of amides is 1. The molecule has 23 heavy (non-hydrogen) atoms. The Bertz CT molecular complexity index is 880. The van der Waals surface area contributed by atoms with E-state index < -0.39 is 9.84 Å². The van der Waals surface area contributed by atoms with Crippen LogP contribution in [0, 0.1) is 18.7 Å². The van der Waals surface area contributed by atoms with Gasteiger partial charge in [-0.25, -0.2) is 12.8 Å². The molecule has 0 unspecified atom stereocenters. The predicted molar refractivity (Wildman–Crippen MR) is 85.5 cm³/mol. The zero-order chi connectivity index (χ0) is 16.6. The number of sulfone groups is 1. The summed E-state index contributed by atoms with van der Waals surface area (Å²) < 4.78 is 36.1. The van der Waals surface area contributed by atoms with Gasteiger partial charge in [0.1, 0.15) is 5.82 Å². The number of hydrogen-bond donors (Lipinski definition) is 1. The number of rotatable bonds is 3. The SMILES string of the molecule is Cc1nc2cc(F)ccc2cc1C(=O)NC[C@@H]1CCS(=O)(=O)C1. The van der Waals surface area contributed by atoms with Gasteiger partial charge in [-0.15, -0.1) is 0 Å². The fraction of sp³-hybridized carbons (Fsp3) is 0.375. The summed E-state index contributed by atoms with van der Waals surface area (Å²) in [5.74, 6) is -0.377. The van der Waals surface area contributed by atoms with Gasteiger partial charge in [0.15, 0.2) is 9.84 Å². The molecule has 1 fully saturated rings. The first-order valence-electron chi connectivity index (χ1n) is 7.39. The fourth-order valence-corrected chi connectivity index (χ4v) is 4.69. The number of nitrogens with zero attached hydrogens (tertiary/aromatic N) is 1. The van der Waals surface area contributed by atoms with Crippen LogP contribution in [0.2, 0.25) is 0 Å². The van der Waals surface area contributed by atoms with Crippen LogP contribution < -0.4 is 5.32 Å². The molecule has 7 heteroatoms. The van der Waals surface area contributed by atoms with Gasteiger partial charge in [-0.1, -0.05) is 0 Å². The van der Waals surface area contributed by atoms with Crippen molar-refractivity contribution in [3.8, 4) is 0 Å². The Balaban J connectivity index is 1.76. The Hall–Kier alpha value is -2.02. The highest BCUT2D eigenvalue weighted by Gasteiger charge is 2.28. The normalized spacial score (nSPS) is 19.8. The van der Waals surface area contributed by atoms with Crippen LogP contribution in [0.15, 0.2) is 24.3 Å². The van der Waals surface area contributed by atoms with E-state index in [4.69, 9.17) is 0 Å². The molecule has 122 valence electrons. The van der Waals surface area contributed by atoms with Crippen molar-refractivity contribution >= 4 is 26.6 Å². The fourth-order valence-electron chi connectivity index (χ4n) is 2.83. The second kappa shape index (κ2) is 5.88. The lowest BCUT2D eigenvalue weighted by Crippen LogP contribution is -2.30. The molecule has 0 radical (unpaired) electrons. The summed E-state index contributed by atoms with van der Waals surface area (Å²) in [6.45, 7) is 2.03. The molecular formula is C16H17FN2O3S. The van der Waals surface area contributed by atoms with Crippen LogP contribution in [0.1, 0.15) is 22.5 Å². The van der Waals surface area contributed by atoms with Crippen LogP contribution >= 0.6 is 0 Å². The lowest BCUT2D eigenvalue weighted by atomic mass is 10.1. The van der Waals surface area contributed by atoms with Crippen molar-refractivity contribution in [3.63, 3.8) is 0 Å². The molecule has 0 aliphatic carbocycles. The van der Waals surface area contributed by atoms with Gasteiger partial charge in [-0.05, 0) is 37.5 Å². The highest BCUT2D eigenvalue weighted by atomic mass is 32.2. The van der Waals surface area contributed by atoms with Crippen molar-refractivity contribution < 1.29 is 17.6 Å². The van der Waals surface area contributed by atoms with Crippen LogP contribution in [0.5, 0.6) is 0 Å². The average Bonchev–Trinajstić information content (AvgIpc) is 2.83. The highest BCUT2D eigenvalue weighted by Crippen LogP contribution is 2.19. The standard InChI is InChI=1S/C16H17FN2O3S/c1-10-14(6-12-2-3-13(17)7-15(12)19-10)16(20)18-8-11-4-5-23(21,22)9-11/h2-3,6-7,11H,4-5,8-9H2,1H3,(H,18,20)/t11-/m0/s1. The molecule has 5 nitrogen and oxygen atoms in total. The molecule has 1 N–H and O–H groups in total. The van der Waals surface area contributed by atoms with E-state index in [0.29, 0.717) is 35.1 Å². The minimum absolute atomic E-state index is 0.0354. The molecule has 1 saturated heterocycles. The number of benzene rings is 1. The maximum Gasteiger partial charge on any atom is 0.253 e. The number of carbonyl (C=O) groups excluding carboxylic acids is 1. The molecule has 3 rings (SSSR count). The number of hydrogen-bond acceptors (Lipinski definition) is 4. The maximum absolute atomic E-state index is 13.2. The number of carbonyl (C=O) groups is 1. The van der Waals surface area contributed by atoms with Crippen LogP contribution in [-0.4, -0.2) is 37.4 Å². The molecule has 2 heterocycles. The molecule has 1 amide bonds. The molecule has 1 atom stereocenters. The first-order valence-corrected chi connectivity index (χ1v) is 9.22. The number of fused-ring (bicyclic) bond motifs is 1. The zero-order valence-corrected chi connectivity index (χ0v) is 13.5. The summed E-state index contributed by atoms with van der Waals surface area (Å²) >= 11 is 0. The third-order valence-corrected chi connectivity index (χ3v) is 5.93. The predicted octanol–water partition coefficient (Wildman–Crippen LogP) is 1.85. The Morgan fingerprint density at radius 2 is 2.17 bits per heavy atom. The average molecular weight is 336 g/mol. The van der Waals surface area contributed by atoms with Gasteiger partial charge in [-0.2, -0.15) is 0 Å². The van der Waals surface area contributed by atoms with Gasteiger partial charge in [0.25, 0.3) is 5.91 Å². The number of nitrogens with one attached hydrogen (secondary N) is 1. The van der Waals surface area contributed by atoms with Crippen LogP contribution in [-0.2, 0) is 9.84 Å². The molecule has 0 spiro atoms. The van der Waals surface area contributed by atoms with E-state index in [1.165, 1.54) is 12.1 Å². The van der Waals surface area contributed by atoms with Crippen LogP contribution in [0.4, 0.5) is 4.39 Å². The lowest BCUT2D eigenvalue weighted by Gasteiger charge is -2.11. The largest absolute Gasteiger partial charge is 0.352 e. The van der Waals surface area contributed by atoms with Crippen LogP contribution in [0.3, 0.4) is 0 Å². The van der Waals surface area contributed by atoms with E-state index in [2.05, 4.69) is 10.3 Å². The van der Waals surface area contributed by atoms with Gasteiger partial charge in [-0.3, -0.25) is 9.78 Å². The molecule has 0 saturated carbocycles. The van der Waals surface area contributed by atoms with Crippen molar-refractivity contribution in [2.75, 3.05) is 18.1 Å². The molecule has 2 aromatic rings. The van der Waals surface area contributed by atoms with E-state index in [0.717, 1.165) is 0 Å². The minimum atomic E-state index is -2.95. The summed E-state index contributed by atoms with van der Waals surface area (Å²) in [6, 6.07) is 5.91. The molecule has 1 aromatic carbocycles. The molecule has 0 bridgehead atoms. The summed E-state index contributed by atoms with van der Waals surface area (Å²) in [4.78, 5) is 16.6. The first-order chi connectivity index (χ1) is 10.8. The molecule has 1 aromatic heterocycles. The van der Waals surface area contributed by atoms with E-state index in [1.807, 2.05) is 0 Å². The van der Waals surface area contributed by atoms with Gasteiger partial charge < -0.3 is 5.32 Å². The Labute approximate surface area is 133 Å². The number of aromatic nitrogens is 1. The minimum Gasteiger partial charge on any atom is -0.352 e. The maximum atomic E-state index is 13.2. The first kappa shape index (κ1) is 15.9. The molecule has 1 aliphatic rings. The summed E-state index contributed by atoms with van der Waals surface area (Å²) in [5, 5.41) is 3.46. The van der Waals surface area contributed by atoms with Crippen molar-refractivity contribution in [1.29, 1.82) is 0 Å². The summed E-state index contributed by atoms with van der Waals surface area (Å²) in [5.41, 5.74) is 1.44. The molecular weight excluding hydrogens is 319 g/mol. The van der Waals surface area contributed by atoms with E-state index in [-0.39, 0.29) is 29.1 Å². The smallest absolute Gasteiger partial charge is 0.253 e. The molecule has 1 aliphatic heterocycles. The monoisotopic (exact) mass is 336 g/mol. The van der Waals surface area contributed by atoms with Crippen molar-refractivity contribution in [2.45, 2.75) is 13.3 Å². The van der Waals surface area contributed by atoms with Crippen molar-refractivity contribution in [1.82, 2.24) is 10.3 Å². The Morgan fingerprint density at radius 3 is 2.87 bits per heavy atom. The number of aryl methyl sites for hydroxylation is 1. The van der Waals surface area contributed by atoms with Crippen molar-refractivity contribution in [3.05, 3.63) is 41.3 Å². The highest BCUT2D eigenvalue weighted by molar-refractivity contribution is 7.91. The van der Waals surface area contributed by atoms with Gasteiger partial charge in [0, 0.05) is 18.0 Å². The van der Waals surface area contributed by atoms with E-state index in [1.54, 1.807) is 19.1 Å².